The number of anilines is 2. The molecule has 1 rings (SSSR count). The Bertz CT molecular complexity index is 411. The summed E-state index contributed by atoms with van der Waals surface area (Å²) in [5.41, 5.74) is 5.31. The summed E-state index contributed by atoms with van der Waals surface area (Å²) in [4.78, 5) is 0. The predicted octanol–water partition coefficient (Wildman–Crippen LogP) is 3.32. The fraction of sp³-hybridized carbons (Fsp3) is 0.333. The fourth-order valence-corrected chi connectivity index (χ4v) is 1.50. The standard InChI is InChI=1S/C9H8F5IN2/c10-4-1-7(6(16)2-5(4)15)17-3-9(13,14)8(11)12/h1-2,8,17H,3,16H2. The van der Waals surface area contributed by atoms with Crippen molar-refractivity contribution in [3.8, 4) is 0 Å². The summed E-state index contributed by atoms with van der Waals surface area (Å²) in [6, 6.07) is 2.11. The van der Waals surface area contributed by atoms with Crippen molar-refractivity contribution in [3.05, 3.63) is 21.5 Å². The summed E-state index contributed by atoms with van der Waals surface area (Å²) >= 11 is 1.67. The normalized spacial score (nSPS) is 11.9. The van der Waals surface area contributed by atoms with Crippen LogP contribution in [0.5, 0.6) is 0 Å². The number of hydrogen-bond acceptors (Lipinski definition) is 2. The molecule has 0 atom stereocenters. The first kappa shape index (κ1) is 14.3. The van der Waals surface area contributed by atoms with Crippen LogP contribution in [0, 0.1) is 9.39 Å². The average molecular weight is 366 g/mol. The Morgan fingerprint density at radius 2 is 1.94 bits per heavy atom. The monoisotopic (exact) mass is 366 g/mol. The number of nitrogens with one attached hydrogen (secondary N) is 1. The molecule has 1 aromatic rings. The van der Waals surface area contributed by atoms with E-state index in [1.807, 2.05) is 5.32 Å². The Kier molecular flexibility index (Phi) is 4.39. The van der Waals surface area contributed by atoms with E-state index < -0.39 is 24.7 Å². The van der Waals surface area contributed by atoms with E-state index in [-0.39, 0.29) is 14.9 Å². The van der Waals surface area contributed by atoms with Crippen LogP contribution in [0.4, 0.5) is 33.3 Å². The summed E-state index contributed by atoms with van der Waals surface area (Å²) in [5.74, 6) is -4.85. The van der Waals surface area contributed by atoms with Crippen LogP contribution >= 0.6 is 22.6 Å². The molecule has 0 saturated heterocycles. The van der Waals surface area contributed by atoms with Crippen LogP contribution < -0.4 is 11.1 Å². The van der Waals surface area contributed by atoms with Crippen LogP contribution in [0.1, 0.15) is 0 Å². The van der Waals surface area contributed by atoms with E-state index in [0.717, 1.165) is 6.07 Å². The molecule has 1 aromatic carbocycles. The van der Waals surface area contributed by atoms with E-state index in [1.165, 1.54) is 6.07 Å². The highest BCUT2D eigenvalue weighted by Gasteiger charge is 2.40. The van der Waals surface area contributed by atoms with Gasteiger partial charge in [-0.15, -0.1) is 0 Å². The van der Waals surface area contributed by atoms with Gasteiger partial charge in [-0.2, -0.15) is 8.78 Å². The van der Waals surface area contributed by atoms with Crippen molar-refractivity contribution >= 4 is 34.0 Å². The lowest BCUT2D eigenvalue weighted by atomic mass is 10.2. The van der Waals surface area contributed by atoms with Crippen molar-refractivity contribution < 1.29 is 22.0 Å². The highest BCUT2D eigenvalue weighted by molar-refractivity contribution is 14.1. The van der Waals surface area contributed by atoms with E-state index in [2.05, 4.69) is 0 Å². The molecule has 17 heavy (non-hydrogen) atoms. The van der Waals surface area contributed by atoms with Crippen LogP contribution in [-0.4, -0.2) is 18.9 Å². The highest BCUT2D eigenvalue weighted by Crippen LogP contribution is 2.27. The number of alkyl halides is 4. The van der Waals surface area contributed by atoms with Gasteiger partial charge in [0, 0.05) is 6.07 Å². The zero-order valence-electron chi connectivity index (χ0n) is 8.28. The van der Waals surface area contributed by atoms with E-state index >= 15 is 0 Å². The molecule has 0 aliphatic rings. The molecule has 0 spiro atoms. The minimum absolute atomic E-state index is 0.0147. The maximum atomic E-state index is 13.1. The molecule has 0 aliphatic carbocycles. The Labute approximate surface area is 108 Å². The molecule has 2 nitrogen and oxygen atoms in total. The van der Waals surface area contributed by atoms with Crippen molar-refractivity contribution in [3.63, 3.8) is 0 Å². The minimum atomic E-state index is -4.19. The quantitative estimate of drug-likeness (QED) is 0.488. The molecule has 3 N–H and O–H groups in total. The summed E-state index contributed by atoms with van der Waals surface area (Å²) in [5, 5.41) is 2.00. The molecule has 0 radical (unpaired) electrons. The molecular weight excluding hydrogens is 358 g/mol. The van der Waals surface area contributed by atoms with Crippen molar-refractivity contribution in [2.45, 2.75) is 12.3 Å². The number of hydrogen-bond donors (Lipinski definition) is 2. The minimum Gasteiger partial charge on any atom is -0.397 e. The molecule has 0 saturated carbocycles. The Morgan fingerprint density at radius 1 is 1.35 bits per heavy atom. The van der Waals surface area contributed by atoms with Gasteiger partial charge in [0.25, 0.3) is 0 Å². The van der Waals surface area contributed by atoms with Crippen molar-refractivity contribution in [2.75, 3.05) is 17.6 Å². The number of halogens is 6. The molecule has 0 unspecified atom stereocenters. The van der Waals surface area contributed by atoms with E-state index in [0.29, 0.717) is 0 Å². The average Bonchev–Trinajstić information content (AvgIpc) is 2.21. The van der Waals surface area contributed by atoms with Gasteiger partial charge in [0.15, 0.2) is 0 Å². The third-order valence-corrected chi connectivity index (χ3v) is 2.75. The molecule has 0 aromatic heterocycles. The zero-order valence-corrected chi connectivity index (χ0v) is 10.4. The number of nitrogens with two attached hydrogens (primary N) is 1. The molecular formula is C9H8F5IN2. The SMILES string of the molecule is Nc1cc(I)c(F)cc1NCC(F)(F)C(F)F. The third kappa shape index (κ3) is 3.58. The molecule has 0 heterocycles. The Balaban J connectivity index is 2.80. The first-order chi connectivity index (χ1) is 7.74. The van der Waals surface area contributed by atoms with Crippen LogP contribution in [-0.2, 0) is 0 Å². The maximum Gasteiger partial charge on any atom is 0.324 e. The third-order valence-electron chi connectivity index (χ3n) is 1.93. The molecule has 96 valence electrons. The summed E-state index contributed by atoms with van der Waals surface area (Å²) in [6.45, 7) is -1.31. The van der Waals surface area contributed by atoms with Gasteiger partial charge in [-0.3, -0.25) is 0 Å². The van der Waals surface area contributed by atoms with Crippen molar-refractivity contribution in [1.82, 2.24) is 0 Å². The first-order valence-electron chi connectivity index (χ1n) is 4.38. The Morgan fingerprint density at radius 3 is 2.47 bits per heavy atom. The van der Waals surface area contributed by atoms with Gasteiger partial charge in [0.1, 0.15) is 5.82 Å². The van der Waals surface area contributed by atoms with Gasteiger partial charge in [-0.25, -0.2) is 13.2 Å². The van der Waals surface area contributed by atoms with Crippen LogP contribution in [0.2, 0.25) is 0 Å². The zero-order chi connectivity index (χ0) is 13.2. The molecule has 0 aliphatic heterocycles. The van der Waals surface area contributed by atoms with Crippen molar-refractivity contribution in [1.29, 1.82) is 0 Å². The van der Waals surface area contributed by atoms with E-state index in [9.17, 15) is 22.0 Å². The van der Waals surface area contributed by atoms with Gasteiger partial charge in [-0.05, 0) is 28.7 Å². The second-order valence-corrected chi connectivity index (χ2v) is 4.43. The van der Waals surface area contributed by atoms with Crippen molar-refractivity contribution in [2.24, 2.45) is 0 Å². The maximum absolute atomic E-state index is 13.1. The number of nitrogen functional groups attached to an aromatic ring is 1. The lowest BCUT2D eigenvalue weighted by molar-refractivity contribution is -0.117. The highest BCUT2D eigenvalue weighted by atomic mass is 127. The molecule has 0 bridgehead atoms. The van der Waals surface area contributed by atoms with Crippen LogP contribution in [0.3, 0.4) is 0 Å². The number of benzene rings is 1. The largest absolute Gasteiger partial charge is 0.397 e. The summed E-state index contributed by atoms with van der Waals surface area (Å²) in [7, 11) is 0. The van der Waals surface area contributed by atoms with Crippen LogP contribution in [0.25, 0.3) is 0 Å². The fourth-order valence-electron chi connectivity index (χ4n) is 1.01. The second kappa shape index (κ2) is 5.23. The van der Waals surface area contributed by atoms with Gasteiger partial charge < -0.3 is 11.1 Å². The lowest BCUT2D eigenvalue weighted by Crippen LogP contribution is -2.35. The van der Waals surface area contributed by atoms with Gasteiger partial charge in [-0.1, -0.05) is 0 Å². The molecule has 0 amide bonds. The topological polar surface area (TPSA) is 38.0 Å². The Hall–Kier alpha value is -0.800. The van der Waals surface area contributed by atoms with E-state index in [4.69, 9.17) is 5.73 Å². The molecule has 0 fully saturated rings. The second-order valence-electron chi connectivity index (χ2n) is 3.27. The van der Waals surface area contributed by atoms with E-state index in [1.54, 1.807) is 22.6 Å². The van der Waals surface area contributed by atoms with Gasteiger partial charge >= 0.3 is 12.3 Å². The number of rotatable bonds is 4. The molecule has 8 heteroatoms. The predicted molar refractivity (Wildman–Crippen MR) is 63.0 cm³/mol. The van der Waals surface area contributed by atoms with Gasteiger partial charge in [0.2, 0.25) is 0 Å². The summed E-state index contributed by atoms with van der Waals surface area (Å²) in [6.07, 6.45) is -3.79. The summed E-state index contributed by atoms with van der Waals surface area (Å²) < 4.78 is 62.2. The first-order valence-corrected chi connectivity index (χ1v) is 5.46. The smallest absolute Gasteiger partial charge is 0.324 e. The lowest BCUT2D eigenvalue weighted by Gasteiger charge is -2.17. The van der Waals surface area contributed by atoms with Crippen LogP contribution in [0.15, 0.2) is 12.1 Å². The van der Waals surface area contributed by atoms with Gasteiger partial charge in [0.05, 0.1) is 21.5 Å².